The SMILES string of the molecule is [CH]N1C2(CCCCC2)CCC(CC)(CC)C1(CC)CC. The fourth-order valence-corrected chi connectivity index (χ4v) is 5.84. The topological polar surface area (TPSA) is 3.24 Å². The molecule has 2 fully saturated rings. The predicted molar refractivity (Wildman–Crippen MR) is 87.5 cm³/mol. The van der Waals surface area contributed by atoms with E-state index in [0.29, 0.717) is 11.0 Å². The van der Waals surface area contributed by atoms with Crippen LogP contribution in [0.2, 0.25) is 0 Å². The standard InChI is InChI=1S/C19H35N/c1-6-17(7-2)15-16-18(13-11-10-12-14-18)20(5)19(17,8-3)9-4/h5H,6-16H2,1-4H3. The van der Waals surface area contributed by atoms with E-state index in [1.54, 1.807) is 0 Å². The van der Waals surface area contributed by atoms with Crippen LogP contribution in [-0.4, -0.2) is 16.0 Å². The van der Waals surface area contributed by atoms with Gasteiger partial charge in [-0.05, 0) is 56.8 Å². The number of hydrogen-bond donors (Lipinski definition) is 0. The quantitative estimate of drug-likeness (QED) is 0.626. The molecule has 0 unspecified atom stereocenters. The van der Waals surface area contributed by atoms with Crippen molar-refractivity contribution in [2.75, 3.05) is 0 Å². The van der Waals surface area contributed by atoms with Crippen molar-refractivity contribution in [1.29, 1.82) is 0 Å². The maximum Gasteiger partial charge on any atom is 0.0451 e. The van der Waals surface area contributed by atoms with Crippen LogP contribution >= 0.6 is 0 Å². The van der Waals surface area contributed by atoms with Gasteiger partial charge in [-0.25, -0.2) is 0 Å². The molecule has 2 rings (SSSR count). The van der Waals surface area contributed by atoms with Crippen molar-refractivity contribution < 1.29 is 0 Å². The van der Waals surface area contributed by atoms with E-state index in [9.17, 15) is 0 Å². The highest BCUT2D eigenvalue weighted by Gasteiger charge is 2.58. The third kappa shape index (κ3) is 2.07. The van der Waals surface area contributed by atoms with Crippen LogP contribution in [0.5, 0.6) is 0 Å². The first-order valence-corrected chi connectivity index (χ1v) is 9.11. The number of likely N-dealkylation sites (tertiary alicyclic amines) is 1. The predicted octanol–water partition coefficient (Wildman–Crippen LogP) is 5.82. The summed E-state index contributed by atoms with van der Waals surface area (Å²) in [5.41, 5.74) is 0.956. The molecule has 0 aromatic rings. The normalized spacial score (nSPS) is 28.6. The Morgan fingerprint density at radius 3 is 1.75 bits per heavy atom. The van der Waals surface area contributed by atoms with Crippen molar-refractivity contribution in [2.24, 2.45) is 5.41 Å². The highest BCUT2D eigenvalue weighted by molar-refractivity contribution is 5.14. The summed E-state index contributed by atoms with van der Waals surface area (Å²) < 4.78 is 0. The van der Waals surface area contributed by atoms with Crippen LogP contribution in [0.15, 0.2) is 0 Å². The van der Waals surface area contributed by atoms with Gasteiger partial charge < -0.3 is 0 Å². The van der Waals surface area contributed by atoms with E-state index in [4.69, 9.17) is 7.05 Å². The molecular weight excluding hydrogens is 242 g/mol. The van der Waals surface area contributed by atoms with Crippen LogP contribution in [0.4, 0.5) is 0 Å². The number of hydrogen-bond acceptors (Lipinski definition) is 1. The molecule has 1 heterocycles. The van der Waals surface area contributed by atoms with Gasteiger partial charge in [0.25, 0.3) is 0 Å². The molecule has 1 heteroatoms. The van der Waals surface area contributed by atoms with E-state index in [2.05, 4.69) is 32.6 Å². The first kappa shape index (κ1) is 16.3. The van der Waals surface area contributed by atoms with Crippen LogP contribution in [0.3, 0.4) is 0 Å². The lowest BCUT2D eigenvalue weighted by atomic mass is 9.54. The number of piperidine rings is 1. The molecule has 0 amide bonds. The smallest absolute Gasteiger partial charge is 0.0451 e. The fourth-order valence-electron chi connectivity index (χ4n) is 5.84. The Kier molecular flexibility index (Phi) is 4.89. The minimum absolute atomic E-state index is 0.214. The Morgan fingerprint density at radius 1 is 0.750 bits per heavy atom. The minimum atomic E-state index is 0.214. The molecule has 0 aromatic carbocycles. The minimum Gasteiger partial charge on any atom is -0.285 e. The summed E-state index contributed by atoms with van der Waals surface area (Å²) in [4.78, 5) is 2.41. The van der Waals surface area contributed by atoms with Crippen molar-refractivity contribution in [3.63, 3.8) is 0 Å². The van der Waals surface area contributed by atoms with E-state index < -0.39 is 0 Å². The monoisotopic (exact) mass is 277 g/mol. The number of nitrogens with zero attached hydrogens (tertiary/aromatic N) is 1. The molecule has 1 nitrogen and oxygen atoms in total. The van der Waals surface area contributed by atoms with Crippen molar-refractivity contribution in [3.05, 3.63) is 7.05 Å². The summed E-state index contributed by atoms with van der Waals surface area (Å²) in [6, 6.07) is 0. The Balaban J connectivity index is 2.41. The lowest BCUT2D eigenvalue weighted by molar-refractivity contribution is -0.142. The van der Waals surface area contributed by atoms with Crippen LogP contribution in [0.1, 0.15) is 98.3 Å². The van der Waals surface area contributed by atoms with Gasteiger partial charge in [0.2, 0.25) is 0 Å². The van der Waals surface area contributed by atoms with Gasteiger partial charge in [0.05, 0.1) is 0 Å². The Hall–Kier alpha value is -0.0400. The Bertz CT molecular complexity index is 306. The summed E-state index contributed by atoms with van der Waals surface area (Å²) >= 11 is 0. The Morgan fingerprint density at radius 2 is 1.30 bits per heavy atom. The van der Waals surface area contributed by atoms with Gasteiger partial charge in [-0.1, -0.05) is 47.0 Å². The third-order valence-electron chi connectivity index (χ3n) is 7.34. The van der Waals surface area contributed by atoms with Gasteiger partial charge in [-0.3, -0.25) is 4.90 Å². The van der Waals surface area contributed by atoms with Gasteiger partial charge >= 0.3 is 0 Å². The number of rotatable bonds is 4. The molecule has 0 bridgehead atoms. The summed E-state index contributed by atoms with van der Waals surface area (Å²) in [5, 5.41) is 0. The summed E-state index contributed by atoms with van der Waals surface area (Å²) in [6.07, 6.45) is 14.5. The molecule has 0 aromatic heterocycles. The van der Waals surface area contributed by atoms with Crippen LogP contribution in [0.25, 0.3) is 0 Å². The van der Waals surface area contributed by atoms with Crippen molar-refractivity contribution in [3.8, 4) is 0 Å². The zero-order valence-electron chi connectivity index (χ0n) is 14.3. The third-order valence-corrected chi connectivity index (χ3v) is 7.34. The van der Waals surface area contributed by atoms with E-state index in [1.165, 1.54) is 70.6 Å². The molecule has 1 saturated carbocycles. The summed E-state index contributed by atoms with van der Waals surface area (Å²) in [6.45, 7) is 9.50. The summed E-state index contributed by atoms with van der Waals surface area (Å²) in [7, 11) is 6.90. The fraction of sp³-hybridized carbons (Fsp3) is 0.947. The first-order chi connectivity index (χ1) is 9.56. The Labute approximate surface area is 127 Å². The largest absolute Gasteiger partial charge is 0.285 e. The molecule has 0 N–H and O–H groups in total. The highest BCUT2D eigenvalue weighted by atomic mass is 15.3. The summed E-state index contributed by atoms with van der Waals surface area (Å²) in [5.74, 6) is 0. The lowest BCUT2D eigenvalue weighted by Gasteiger charge is -2.66. The van der Waals surface area contributed by atoms with Gasteiger partial charge in [0.1, 0.15) is 0 Å². The molecule has 116 valence electrons. The van der Waals surface area contributed by atoms with E-state index >= 15 is 0 Å². The molecule has 1 aliphatic carbocycles. The molecule has 1 aliphatic heterocycles. The van der Waals surface area contributed by atoms with Gasteiger partial charge in [0.15, 0.2) is 0 Å². The second kappa shape index (κ2) is 5.99. The average molecular weight is 277 g/mol. The molecule has 2 aliphatic rings. The lowest BCUT2D eigenvalue weighted by Crippen LogP contribution is -2.68. The van der Waals surface area contributed by atoms with Crippen LogP contribution in [-0.2, 0) is 0 Å². The zero-order chi connectivity index (χ0) is 14.9. The highest BCUT2D eigenvalue weighted by Crippen LogP contribution is 2.59. The molecule has 20 heavy (non-hydrogen) atoms. The van der Waals surface area contributed by atoms with E-state index in [0.717, 1.165) is 0 Å². The maximum absolute atomic E-state index is 6.90. The van der Waals surface area contributed by atoms with Crippen molar-refractivity contribution in [2.45, 2.75) is 109 Å². The van der Waals surface area contributed by atoms with E-state index in [-0.39, 0.29) is 5.54 Å². The van der Waals surface area contributed by atoms with Crippen molar-refractivity contribution >= 4 is 0 Å². The van der Waals surface area contributed by atoms with Gasteiger partial charge in [0, 0.05) is 18.1 Å². The molecule has 2 radical (unpaired) electrons. The maximum atomic E-state index is 6.90. The molecule has 1 spiro atoms. The zero-order valence-corrected chi connectivity index (χ0v) is 14.3. The second-order valence-electron chi connectivity index (χ2n) is 7.38. The van der Waals surface area contributed by atoms with Gasteiger partial charge in [-0.15, -0.1) is 0 Å². The molecular formula is C19H35N. The second-order valence-corrected chi connectivity index (χ2v) is 7.38. The van der Waals surface area contributed by atoms with Crippen LogP contribution < -0.4 is 0 Å². The van der Waals surface area contributed by atoms with Gasteiger partial charge in [-0.2, -0.15) is 0 Å². The van der Waals surface area contributed by atoms with Crippen molar-refractivity contribution in [1.82, 2.24) is 4.90 Å². The van der Waals surface area contributed by atoms with Crippen LogP contribution in [0, 0.1) is 12.5 Å². The first-order valence-electron chi connectivity index (χ1n) is 9.11. The average Bonchev–Trinajstić information content (AvgIpc) is 2.52. The molecule has 0 atom stereocenters. The molecule has 1 saturated heterocycles. The van der Waals surface area contributed by atoms with E-state index in [1.807, 2.05) is 0 Å².